The highest BCUT2D eigenvalue weighted by molar-refractivity contribution is 5.91. The Morgan fingerprint density at radius 2 is 2.08 bits per heavy atom. The number of hydrogen-bond acceptors (Lipinski definition) is 5. The zero-order valence-corrected chi connectivity index (χ0v) is 15.3. The fourth-order valence-electron chi connectivity index (χ4n) is 3.58. The molecule has 0 radical (unpaired) electrons. The molecule has 3 rings (SSSR count). The highest BCUT2D eigenvalue weighted by Crippen LogP contribution is 2.35. The number of nitrogens with zero attached hydrogens (tertiary/aromatic N) is 3. The highest BCUT2D eigenvalue weighted by Gasteiger charge is 2.28. The summed E-state index contributed by atoms with van der Waals surface area (Å²) in [7, 11) is 4.00. The first-order chi connectivity index (χ1) is 12.3. The number of fused-ring (bicyclic) bond motifs is 3. The summed E-state index contributed by atoms with van der Waals surface area (Å²) in [5.74, 6) is -0.937. The highest BCUT2D eigenvalue weighted by atomic mass is 16.4. The lowest BCUT2D eigenvalue weighted by Crippen LogP contribution is -2.20. The summed E-state index contributed by atoms with van der Waals surface area (Å²) in [6.45, 7) is 3.67. The molecule has 8 heteroatoms. The predicted molar refractivity (Wildman–Crippen MR) is 96.9 cm³/mol. The van der Waals surface area contributed by atoms with Crippen LogP contribution in [0.1, 0.15) is 40.8 Å². The number of aromatic carboxylic acids is 1. The maximum absolute atomic E-state index is 12.2. The molecule has 140 valence electrons. The lowest BCUT2D eigenvalue weighted by Gasteiger charge is -2.12. The van der Waals surface area contributed by atoms with E-state index in [4.69, 9.17) is 4.98 Å². The van der Waals surface area contributed by atoms with Crippen molar-refractivity contribution in [3.63, 3.8) is 0 Å². The van der Waals surface area contributed by atoms with Crippen LogP contribution in [-0.4, -0.2) is 56.3 Å². The molecule has 1 aliphatic carbocycles. The predicted octanol–water partition coefficient (Wildman–Crippen LogP) is 1.25. The van der Waals surface area contributed by atoms with Gasteiger partial charge in [0.2, 0.25) is 0 Å². The third-order valence-electron chi connectivity index (χ3n) is 4.83. The average molecular weight is 360 g/mol. The topological polar surface area (TPSA) is 111 Å². The molecule has 26 heavy (non-hydrogen) atoms. The third kappa shape index (κ3) is 3.01. The van der Waals surface area contributed by atoms with Gasteiger partial charge in [-0.1, -0.05) is 0 Å². The molecule has 1 aliphatic rings. The van der Waals surface area contributed by atoms with E-state index in [1.807, 2.05) is 14.1 Å². The number of likely N-dealkylation sites (N-methyl/N-ethyl adjacent to an activating group) is 1. The minimum Gasteiger partial charge on any atom is -0.506 e. The van der Waals surface area contributed by atoms with Crippen molar-refractivity contribution in [1.29, 1.82) is 0 Å². The van der Waals surface area contributed by atoms with Crippen LogP contribution >= 0.6 is 0 Å². The minimum absolute atomic E-state index is 0.440. The summed E-state index contributed by atoms with van der Waals surface area (Å²) in [5.41, 5.74) is 1.18. The van der Waals surface area contributed by atoms with Crippen LogP contribution in [0.5, 0.6) is 5.75 Å². The molecule has 0 amide bonds. The molecule has 2 heterocycles. The Balaban J connectivity index is 2.20. The van der Waals surface area contributed by atoms with Gasteiger partial charge in [-0.3, -0.25) is 4.79 Å². The van der Waals surface area contributed by atoms with Gasteiger partial charge in [0.1, 0.15) is 17.3 Å². The van der Waals surface area contributed by atoms with Crippen molar-refractivity contribution in [3.8, 4) is 17.1 Å². The van der Waals surface area contributed by atoms with E-state index in [0.29, 0.717) is 23.4 Å². The monoisotopic (exact) mass is 360 g/mol. The van der Waals surface area contributed by atoms with Crippen LogP contribution in [0.2, 0.25) is 0 Å². The Morgan fingerprint density at radius 1 is 1.35 bits per heavy atom. The van der Waals surface area contributed by atoms with Crippen molar-refractivity contribution in [2.45, 2.75) is 39.2 Å². The fraction of sp³-hybridized carbons (Fsp3) is 0.500. The first-order valence-corrected chi connectivity index (χ1v) is 8.79. The Hall–Kier alpha value is -2.61. The number of pyridine rings is 1. The Kier molecular flexibility index (Phi) is 4.86. The Morgan fingerprint density at radius 3 is 2.69 bits per heavy atom. The summed E-state index contributed by atoms with van der Waals surface area (Å²) in [6.07, 6.45) is 2.77. The summed E-state index contributed by atoms with van der Waals surface area (Å²) in [4.78, 5) is 33.0. The van der Waals surface area contributed by atoms with E-state index in [9.17, 15) is 19.8 Å². The molecule has 0 spiro atoms. The van der Waals surface area contributed by atoms with Gasteiger partial charge in [-0.25, -0.2) is 9.78 Å². The molecular weight excluding hydrogens is 336 g/mol. The van der Waals surface area contributed by atoms with Crippen LogP contribution in [0.15, 0.2) is 4.79 Å². The number of aromatic amines is 1. The number of aromatic hydroxyl groups is 1. The van der Waals surface area contributed by atoms with Crippen LogP contribution in [0.3, 0.4) is 0 Å². The largest absolute Gasteiger partial charge is 0.506 e. The SMILES string of the molecule is CCn1c(CCN(C)C)nc2c1CCCc1c-2[nH]c(=O)c(C(=O)O)c1O. The zero-order chi connectivity index (χ0) is 19.0. The molecule has 0 fully saturated rings. The van der Waals surface area contributed by atoms with Crippen LogP contribution in [0, 0.1) is 0 Å². The standard InChI is InChI=1S/C18H24N4O4/c1-4-22-11-7-5-6-10-14(15(11)19-12(22)8-9-21(2)3)20-17(24)13(16(10)23)18(25)26/h4-9H2,1-3H3,(H,25,26)(H2,20,23,24). The molecule has 0 unspecified atom stereocenters. The van der Waals surface area contributed by atoms with Gasteiger partial charge in [-0.05, 0) is 40.3 Å². The molecule has 8 nitrogen and oxygen atoms in total. The van der Waals surface area contributed by atoms with E-state index in [1.54, 1.807) is 0 Å². The normalized spacial score (nSPS) is 13.4. The van der Waals surface area contributed by atoms with Gasteiger partial charge < -0.3 is 24.7 Å². The van der Waals surface area contributed by atoms with E-state index in [1.165, 1.54) is 0 Å². The summed E-state index contributed by atoms with van der Waals surface area (Å²) in [6, 6.07) is 0. The minimum atomic E-state index is -1.43. The Labute approximate surface area is 151 Å². The fourth-order valence-corrected chi connectivity index (χ4v) is 3.58. The van der Waals surface area contributed by atoms with Crippen molar-refractivity contribution in [1.82, 2.24) is 19.4 Å². The number of aromatic nitrogens is 3. The summed E-state index contributed by atoms with van der Waals surface area (Å²) >= 11 is 0. The van der Waals surface area contributed by atoms with Gasteiger partial charge in [-0.15, -0.1) is 0 Å². The molecule has 2 aromatic heterocycles. The first-order valence-electron chi connectivity index (χ1n) is 8.79. The van der Waals surface area contributed by atoms with Gasteiger partial charge in [0, 0.05) is 30.8 Å². The second-order valence-corrected chi connectivity index (χ2v) is 6.81. The van der Waals surface area contributed by atoms with Gasteiger partial charge in [0.05, 0.1) is 5.69 Å². The number of carboxylic acids is 1. The molecule has 0 aliphatic heterocycles. The summed E-state index contributed by atoms with van der Waals surface area (Å²) in [5, 5.41) is 19.6. The number of carboxylic acid groups (broad SMARTS) is 1. The van der Waals surface area contributed by atoms with Gasteiger partial charge >= 0.3 is 5.97 Å². The van der Waals surface area contributed by atoms with Gasteiger partial charge in [0.15, 0.2) is 5.56 Å². The van der Waals surface area contributed by atoms with Crippen molar-refractivity contribution < 1.29 is 15.0 Å². The molecule has 0 saturated carbocycles. The number of H-pyrrole nitrogens is 1. The quantitative estimate of drug-likeness (QED) is 0.740. The van der Waals surface area contributed by atoms with E-state index < -0.39 is 22.8 Å². The lowest BCUT2D eigenvalue weighted by atomic mass is 10.0. The number of nitrogens with one attached hydrogen (secondary N) is 1. The van der Waals surface area contributed by atoms with Crippen molar-refractivity contribution in [2.75, 3.05) is 20.6 Å². The van der Waals surface area contributed by atoms with Crippen molar-refractivity contribution in [2.24, 2.45) is 0 Å². The molecule has 3 N–H and O–H groups in total. The van der Waals surface area contributed by atoms with Crippen LogP contribution in [0.25, 0.3) is 11.4 Å². The van der Waals surface area contributed by atoms with E-state index in [0.717, 1.165) is 43.9 Å². The van der Waals surface area contributed by atoms with E-state index in [2.05, 4.69) is 21.4 Å². The maximum atomic E-state index is 12.2. The van der Waals surface area contributed by atoms with Crippen LogP contribution < -0.4 is 5.56 Å². The lowest BCUT2D eigenvalue weighted by molar-refractivity contribution is 0.0691. The van der Waals surface area contributed by atoms with Crippen LogP contribution in [0.4, 0.5) is 0 Å². The number of imidazole rings is 1. The second-order valence-electron chi connectivity index (χ2n) is 6.81. The van der Waals surface area contributed by atoms with Crippen molar-refractivity contribution in [3.05, 3.63) is 33.0 Å². The summed E-state index contributed by atoms with van der Waals surface area (Å²) < 4.78 is 2.16. The first kappa shape index (κ1) is 18.2. The Bertz CT molecular complexity index is 911. The molecule has 2 aromatic rings. The molecule has 0 saturated heterocycles. The number of carbonyl (C=O) groups is 1. The van der Waals surface area contributed by atoms with Crippen molar-refractivity contribution >= 4 is 5.97 Å². The molecule has 0 atom stereocenters. The molecule has 0 bridgehead atoms. The zero-order valence-electron chi connectivity index (χ0n) is 15.3. The third-order valence-corrected chi connectivity index (χ3v) is 4.83. The molecular formula is C18H24N4O4. The van der Waals surface area contributed by atoms with Gasteiger partial charge in [0.25, 0.3) is 5.56 Å². The number of hydrogen-bond donors (Lipinski definition) is 3. The number of rotatable bonds is 5. The van der Waals surface area contributed by atoms with E-state index in [-0.39, 0.29) is 0 Å². The smallest absolute Gasteiger partial charge is 0.345 e. The second kappa shape index (κ2) is 6.95. The van der Waals surface area contributed by atoms with Crippen LogP contribution in [-0.2, 0) is 25.8 Å². The van der Waals surface area contributed by atoms with Gasteiger partial charge in [-0.2, -0.15) is 0 Å². The average Bonchev–Trinajstić information content (AvgIpc) is 2.82. The van der Waals surface area contributed by atoms with E-state index >= 15 is 0 Å². The maximum Gasteiger partial charge on any atom is 0.345 e. The molecule has 0 aromatic carbocycles.